The zero-order valence-corrected chi connectivity index (χ0v) is 19.2. The Balaban J connectivity index is 1.71. The van der Waals surface area contributed by atoms with Gasteiger partial charge in [0.15, 0.2) is 5.78 Å². The van der Waals surface area contributed by atoms with Crippen LogP contribution in [-0.2, 0) is 7.05 Å². The lowest BCUT2D eigenvalue weighted by Gasteiger charge is -2.29. The van der Waals surface area contributed by atoms with Crippen LogP contribution >= 0.6 is 0 Å². The smallest absolute Gasteiger partial charge is 0.295 e. The fourth-order valence-electron chi connectivity index (χ4n) is 4.71. The first-order valence-electron chi connectivity index (χ1n) is 11.1. The number of aromatic nitrogens is 3. The Labute approximate surface area is 183 Å². The molecule has 3 aromatic rings. The van der Waals surface area contributed by atoms with Gasteiger partial charge in [0.2, 0.25) is 0 Å². The zero-order chi connectivity index (χ0) is 22.3. The van der Waals surface area contributed by atoms with E-state index in [1.807, 2.05) is 73.5 Å². The second-order valence-electron chi connectivity index (χ2n) is 8.91. The van der Waals surface area contributed by atoms with E-state index >= 15 is 0 Å². The molecule has 1 aromatic carbocycles. The van der Waals surface area contributed by atoms with Gasteiger partial charge in [-0.2, -0.15) is 0 Å². The van der Waals surface area contributed by atoms with Crippen LogP contribution in [0.5, 0.6) is 0 Å². The highest BCUT2D eigenvalue weighted by atomic mass is 16.1. The predicted molar refractivity (Wildman–Crippen MR) is 124 cm³/mol. The van der Waals surface area contributed by atoms with E-state index in [0.717, 1.165) is 54.6 Å². The topological polar surface area (TPSA) is 52.2 Å². The van der Waals surface area contributed by atoms with Crippen LogP contribution < -0.4 is 5.56 Å². The summed E-state index contributed by atoms with van der Waals surface area (Å²) < 4.78 is 5.50. The number of benzene rings is 1. The normalized spacial score (nSPS) is 15.5. The summed E-state index contributed by atoms with van der Waals surface area (Å²) in [7, 11) is 1.89. The molecule has 6 nitrogen and oxygen atoms in total. The van der Waals surface area contributed by atoms with Crippen molar-refractivity contribution in [3.63, 3.8) is 0 Å². The molecule has 1 saturated heterocycles. The summed E-state index contributed by atoms with van der Waals surface area (Å²) in [6, 6.07) is 11.6. The second kappa shape index (κ2) is 8.35. The highest BCUT2D eigenvalue weighted by Crippen LogP contribution is 2.24. The van der Waals surface area contributed by atoms with Gasteiger partial charge in [-0.3, -0.25) is 19.2 Å². The summed E-state index contributed by atoms with van der Waals surface area (Å²) in [4.78, 5) is 28.9. The van der Waals surface area contributed by atoms with Crippen molar-refractivity contribution < 1.29 is 4.79 Å². The van der Waals surface area contributed by atoms with Crippen molar-refractivity contribution >= 4 is 5.78 Å². The van der Waals surface area contributed by atoms with Crippen molar-refractivity contribution in [2.45, 2.75) is 40.5 Å². The van der Waals surface area contributed by atoms with Gasteiger partial charge >= 0.3 is 0 Å². The minimum absolute atomic E-state index is 0.0861. The van der Waals surface area contributed by atoms with Crippen LogP contribution in [-0.4, -0.2) is 44.2 Å². The van der Waals surface area contributed by atoms with Crippen LogP contribution in [0, 0.1) is 26.7 Å². The summed E-state index contributed by atoms with van der Waals surface area (Å²) in [6.07, 6.45) is 2.29. The number of para-hydroxylation sites is 1. The molecule has 0 aliphatic carbocycles. The van der Waals surface area contributed by atoms with Crippen molar-refractivity contribution in [1.82, 2.24) is 18.8 Å². The molecule has 0 unspecified atom stereocenters. The van der Waals surface area contributed by atoms with Gasteiger partial charge in [-0.25, -0.2) is 4.68 Å². The lowest BCUT2D eigenvalue weighted by Crippen LogP contribution is -2.36. The summed E-state index contributed by atoms with van der Waals surface area (Å²) in [5, 5.41) is 0. The molecule has 1 aliphatic heterocycles. The number of likely N-dealkylation sites (tertiary alicyclic amines) is 1. The van der Waals surface area contributed by atoms with E-state index in [2.05, 4.69) is 11.8 Å². The highest BCUT2D eigenvalue weighted by molar-refractivity contribution is 5.99. The van der Waals surface area contributed by atoms with E-state index in [-0.39, 0.29) is 11.3 Å². The first-order chi connectivity index (χ1) is 14.8. The molecule has 1 fully saturated rings. The van der Waals surface area contributed by atoms with Crippen LogP contribution in [0.15, 0.2) is 41.2 Å². The lowest BCUT2D eigenvalue weighted by molar-refractivity contribution is 0.0899. The van der Waals surface area contributed by atoms with Crippen LogP contribution in [0.3, 0.4) is 0 Å². The zero-order valence-electron chi connectivity index (χ0n) is 19.2. The Morgan fingerprint density at radius 3 is 2.32 bits per heavy atom. The molecular weight excluding hydrogens is 388 g/mol. The maximum absolute atomic E-state index is 13.5. The first kappa shape index (κ1) is 21.4. The summed E-state index contributed by atoms with van der Waals surface area (Å²) in [5.41, 5.74) is 4.65. The van der Waals surface area contributed by atoms with E-state index in [0.29, 0.717) is 17.8 Å². The molecule has 0 bridgehead atoms. The van der Waals surface area contributed by atoms with E-state index < -0.39 is 0 Å². The van der Waals surface area contributed by atoms with Crippen molar-refractivity contribution in [2.75, 3.05) is 19.6 Å². The molecule has 31 heavy (non-hydrogen) atoms. The van der Waals surface area contributed by atoms with E-state index in [1.165, 1.54) is 0 Å². The molecule has 4 rings (SSSR count). The third kappa shape index (κ3) is 3.81. The molecular formula is C25H32N4O2. The Morgan fingerprint density at radius 1 is 1.03 bits per heavy atom. The minimum atomic E-state index is -0.0861. The second-order valence-corrected chi connectivity index (χ2v) is 8.91. The van der Waals surface area contributed by atoms with Crippen molar-refractivity contribution in [1.29, 1.82) is 0 Å². The predicted octanol–water partition coefficient (Wildman–Crippen LogP) is 3.81. The Bertz CT molecular complexity index is 1160. The minimum Gasteiger partial charge on any atom is -0.311 e. The van der Waals surface area contributed by atoms with Gasteiger partial charge in [-0.15, -0.1) is 0 Å². The number of rotatable bonds is 5. The molecule has 0 saturated carbocycles. The van der Waals surface area contributed by atoms with Crippen LogP contribution in [0.1, 0.15) is 47.2 Å². The summed E-state index contributed by atoms with van der Waals surface area (Å²) in [5.74, 6) is 0.870. The van der Waals surface area contributed by atoms with Gasteiger partial charge in [0.05, 0.1) is 17.9 Å². The van der Waals surface area contributed by atoms with Gasteiger partial charge < -0.3 is 4.57 Å². The van der Waals surface area contributed by atoms with Gasteiger partial charge in [0, 0.05) is 24.0 Å². The third-order valence-electron chi connectivity index (χ3n) is 6.72. The molecule has 3 heterocycles. The lowest BCUT2D eigenvalue weighted by atomic mass is 9.99. The van der Waals surface area contributed by atoms with Crippen LogP contribution in [0.4, 0.5) is 0 Å². The van der Waals surface area contributed by atoms with Gasteiger partial charge in [-0.05, 0) is 70.8 Å². The molecule has 0 amide bonds. The maximum Gasteiger partial charge on any atom is 0.295 e. The molecule has 0 radical (unpaired) electrons. The molecule has 0 spiro atoms. The SMILES string of the molecule is Cc1cc(C(=O)CN2CCC(C)CC2)c(C)n1-c1c(C)n(C)n(-c2ccccc2)c1=O. The quantitative estimate of drug-likeness (QED) is 0.590. The summed E-state index contributed by atoms with van der Waals surface area (Å²) in [6.45, 7) is 10.5. The van der Waals surface area contributed by atoms with Crippen LogP contribution in [0.2, 0.25) is 0 Å². The number of hydrogen-bond donors (Lipinski definition) is 0. The molecule has 164 valence electrons. The first-order valence-corrected chi connectivity index (χ1v) is 11.1. The van der Waals surface area contributed by atoms with Crippen molar-refractivity contribution in [2.24, 2.45) is 13.0 Å². The molecule has 0 N–H and O–H groups in total. The van der Waals surface area contributed by atoms with E-state index in [9.17, 15) is 9.59 Å². The number of ketones is 1. The van der Waals surface area contributed by atoms with Gasteiger partial charge in [-0.1, -0.05) is 25.1 Å². The number of carbonyl (C=O) groups is 1. The Hall–Kier alpha value is -2.86. The van der Waals surface area contributed by atoms with Gasteiger partial charge in [0.1, 0.15) is 5.69 Å². The van der Waals surface area contributed by atoms with E-state index in [1.54, 1.807) is 4.68 Å². The number of piperidine rings is 1. The number of Topliss-reactive ketones (excluding diaryl/α,β-unsaturated/α-hetero) is 1. The maximum atomic E-state index is 13.5. The average Bonchev–Trinajstić information content (AvgIpc) is 3.16. The number of hydrogen-bond acceptors (Lipinski definition) is 3. The summed E-state index contributed by atoms with van der Waals surface area (Å²) >= 11 is 0. The standard InChI is InChI=1S/C25H32N4O2/c1-17-11-13-27(14-12-17)16-23(30)22-15-18(2)28(19(22)3)24-20(4)26(5)29(25(24)31)21-9-7-6-8-10-21/h6-10,15,17H,11-14,16H2,1-5H3. The van der Waals surface area contributed by atoms with Gasteiger partial charge in [0.25, 0.3) is 5.56 Å². The highest BCUT2D eigenvalue weighted by Gasteiger charge is 2.25. The monoisotopic (exact) mass is 420 g/mol. The Morgan fingerprint density at radius 2 is 1.68 bits per heavy atom. The average molecular weight is 421 g/mol. The molecule has 2 aromatic heterocycles. The third-order valence-corrected chi connectivity index (χ3v) is 6.72. The molecule has 0 atom stereocenters. The largest absolute Gasteiger partial charge is 0.311 e. The fourth-order valence-corrected chi connectivity index (χ4v) is 4.71. The Kier molecular flexibility index (Phi) is 5.75. The number of carbonyl (C=O) groups excluding carboxylic acids is 1. The van der Waals surface area contributed by atoms with Crippen LogP contribution in [0.25, 0.3) is 11.4 Å². The van der Waals surface area contributed by atoms with Crippen molar-refractivity contribution in [3.05, 3.63) is 69.4 Å². The number of nitrogens with zero attached hydrogens (tertiary/aromatic N) is 4. The fraction of sp³-hybridized carbons (Fsp3) is 0.440. The van der Waals surface area contributed by atoms with Crippen molar-refractivity contribution in [3.8, 4) is 11.4 Å². The molecule has 6 heteroatoms. The molecule has 1 aliphatic rings. The number of aryl methyl sites for hydroxylation is 1. The van der Waals surface area contributed by atoms with E-state index in [4.69, 9.17) is 0 Å².